The monoisotopic (exact) mass is 498 g/mol. The first kappa shape index (κ1) is 24.0. The second-order valence-corrected chi connectivity index (χ2v) is 9.74. The fourth-order valence-corrected chi connectivity index (χ4v) is 5.07. The third-order valence-electron chi connectivity index (χ3n) is 5.85. The Kier molecular flexibility index (Phi) is 7.38. The molecule has 0 spiro atoms. The molecule has 176 valence electrons. The number of amides is 2. The SMILES string of the molecule is O=C(NC[C@H](NC(=O)c1ccc(C(=O)[C@H]2C[C@@H]2c2ccccc2)cc1Cl)C(=O)O)C1=CCCS1. The first-order valence-corrected chi connectivity index (χ1v) is 12.2. The van der Waals surface area contributed by atoms with Crippen molar-refractivity contribution in [1.82, 2.24) is 10.6 Å². The van der Waals surface area contributed by atoms with Crippen LogP contribution < -0.4 is 10.6 Å². The number of hydrogen-bond acceptors (Lipinski definition) is 5. The van der Waals surface area contributed by atoms with Gasteiger partial charge in [-0.3, -0.25) is 14.4 Å². The number of carboxylic acid groups (broad SMARTS) is 1. The molecular formula is C25H23ClN2O5S. The Morgan fingerprint density at radius 1 is 1.09 bits per heavy atom. The van der Waals surface area contributed by atoms with E-state index in [0.29, 0.717) is 10.5 Å². The molecule has 0 radical (unpaired) electrons. The third kappa shape index (κ3) is 5.51. The highest BCUT2D eigenvalue weighted by Gasteiger charge is 2.44. The van der Waals surface area contributed by atoms with Crippen molar-refractivity contribution in [2.45, 2.75) is 24.8 Å². The van der Waals surface area contributed by atoms with Gasteiger partial charge in [0, 0.05) is 23.8 Å². The second-order valence-electron chi connectivity index (χ2n) is 8.20. The van der Waals surface area contributed by atoms with Crippen LogP contribution >= 0.6 is 23.4 Å². The lowest BCUT2D eigenvalue weighted by molar-refractivity contribution is -0.139. The van der Waals surface area contributed by atoms with Gasteiger partial charge in [0.1, 0.15) is 6.04 Å². The van der Waals surface area contributed by atoms with Crippen LogP contribution in [0.2, 0.25) is 5.02 Å². The number of Topliss-reactive ketones (excluding diaryl/α,β-unsaturated/α-hetero) is 1. The number of ketones is 1. The quantitative estimate of drug-likeness (QED) is 0.455. The fraction of sp³-hybridized carbons (Fsp3) is 0.280. The number of allylic oxidation sites excluding steroid dienone is 1. The number of halogens is 1. The minimum atomic E-state index is -1.33. The maximum atomic E-state index is 12.9. The van der Waals surface area contributed by atoms with E-state index in [1.807, 2.05) is 30.3 Å². The molecule has 1 saturated carbocycles. The number of benzene rings is 2. The summed E-state index contributed by atoms with van der Waals surface area (Å²) in [5, 5.41) is 14.4. The first-order valence-electron chi connectivity index (χ1n) is 10.9. The largest absolute Gasteiger partial charge is 0.480 e. The van der Waals surface area contributed by atoms with Crippen LogP contribution in [-0.4, -0.2) is 47.0 Å². The molecule has 2 aromatic rings. The van der Waals surface area contributed by atoms with Gasteiger partial charge in [-0.2, -0.15) is 0 Å². The molecule has 4 rings (SSSR count). The van der Waals surface area contributed by atoms with Crippen molar-refractivity contribution in [1.29, 1.82) is 0 Å². The van der Waals surface area contributed by atoms with Gasteiger partial charge in [0.25, 0.3) is 11.8 Å². The van der Waals surface area contributed by atoms with Crippen LogP contribution in [0.15, 0.2) is 59.5 Å². The molecule has 1 heterocycles. The maximum absolute atomic E-state index is 12.9. The summed E-state index contributed by atoms with van der Waals surface area (Å²) >= 11 is 7.68. The van der Waals surface area contributed by atoms with Crippen LogP contribution in [0.5, 0.6) is 0 Å². The number of hydrogen-bond donors (Lipinski definition) is 3. The summed E-state index contributed by atoms with van der Waals surface area (Å²) in [4.78, 5) is 49.8. The van der Waals surface area contributed by atoms with Crippen LogP contribution in [0.4, 0.5) is 0 Å². The number of rotatable bonds is 9. The van der Waals surface area contributed by atoms with Crippen LogP contribution in [0.25, 0.3) is 0 Å². The van der Waals surface area contributed by atoms with E-state index in [0.717, 1.165) is 24.2 Å². The van der Waals surface area contributed by atoms with Crippen molar-refractivity contribution >= 4 is 46.9 Å². The number of aliphatic carboxylic acids is 1. The van der Waals surface area contributed by atoms with E-state index in [9.17, 15) is 24.3 Å². The molecular weight excluding hydrogens is 476 g/mol. The maximum Gasteiger partial charge on any atom is 0.328 e. The fourth-order valence-electron chi connectivity index (χ4n) is 3.91. The van der Waals surface area contributed by atoms with Crippen molar-refractivity contribution in [3.8, 4) is 0 Å². The summed E-state index contributed by atoms with van der Waals surface area (Å²) in [5.41, 5.74) is 1.59. The molecule has 2 aromatic carbocycles. The molecule has 34 heavy (non-hydrogen) atoms. The van der Waals surface area contributed by atoms with Crippen LogP contribution in [0, 0.1) is 5.92 Å². The Bertz CT molecular complexity index is 1170. The normalized spacial score (nSPS) is 19.6. The summed E-state index contributed by atoms with van der Waals surface area (Å²) in [6, 6.07) is 12.9. The number of thioether (sulfide) groups is 1. The van der Waals surface area contributed by atoms with E-state index in [1.54, 1.807) is 6.08 Å². The Morgan fingerprint density at radius 2 is 1.85 bits per heavy atom. The topological polar surface area (TPSA) is 113 Å². The van der Waals surface area contributed by atoms with Gasteiger partial charge in [0.2, 0.25) is 0 Å². The van der Waals surface area contributed by atoms with E-state index >= 15 is 0 Å². The molecule has 0 saturated heterocycles. The lowest BCUT2D eigenvalue weighted by atomic mass is 10.0. The highest BCUT2D eigenvalue weighted by Crippen LogP contribution is 2.49. The Hall–Kier alpha value is -3.10. The third-order valence-corrected chi connectivity index (χ3v) is 7.27. The smallest absolute Gasteiger partial charge is 0.328 e. The minimum absolute atomic E-state index is 0.0343. The van der Waals surface area contributed by atoms with Gasteiger partial charge >= 0.3 is 5.97 Å². The van der Waals surface area contributed by atoms with Gasteiger partial charge in [0.15, 0.2) is 5.78 Å². The van der Waals surface area contributed by atoms with Gasteiger partial charge in [-0.1, -0.05) is 54.1 Å². The first-order chi connectivity index (χ1) is 16.3. The molecule has 1 fully saturated rings. The lowest BCUT2D eigenvalue weighted by Crippen LogP contribution is -2.48. The molecule has 0 bridgehead atoms. The van der Waals surface area contributed by atoms with Gasteiger partial charge in [0.05, 0.1) is 15.5 Å². The number of carbonyl (C=O) groups is 4. The molecule has 1 aliphatic carbocycles. The van der Waals surface area contributed by atoms with Gasteiger partial charge in [-0.15, -0.1) is 11.8 Å². The average molecular weight is 499 g/mol. The molecule has 2 amide bonds. The summed E-state index contributed by atoms with van der Waals surface area (Å²) in [6.07, 6.45) is 3.35. The van der Waals surface area contributed by atoms with Crippen molar-refractivity contribution in [2.24, 2.45) is 5.92 Å². The van der Waals surface area contributed by atoms with Crippen molar-refractivity contribution < 1.29 is 24.3 Å². The Morgan fingerprint density at radius 3 is 2.50 bits per heavy atom. The summed E-state index contributed by atoms with van der Waals surface area (Å²) < 4.78 is 0. The van der Waals surface area contributed by atoms with E-state index in [4.69, 9.17) is 11.6 Å². The molecule has 9 heteroatoms. The molecule has 3 atom stereocenters. The van der Waals surface area contributed by atoms with Crippen molar-refractivity contribution in [2.75, 3.05) is 12.3 Å². The second kappa shape index (κ2) is 10.4. The van der Waals surface area contributed by atoms with Crippen molar-refractivity contribution in [3.05, 3.63) is 81.2 Å². The summed E-state index contributed by atoms with van der Waals surface area (Å²) in [7, 11) is 0. The number of nitrogens with one attached hydrogen (secondary N) is 2. The predicted molar refractivity (Wildman–Crippen MR) is 130 cm³/mol. The molecule has 1 aliphatic heterocycles. The van der Waals surface area contributed by atoms with Gasteiger partial charge < -0.3 is 15.7 Å². The van der Waals surface area contributed by atoms with Crippen LogP contribution in [-0.2, 0) is 9.59 Å². The van der Waals surface area contributed by atoms with E-state index in [-0.39, 0.29) is 40.7 Å². The average Bonchev–Trinajstić information content (AvgIpc) is 3.44. The van der Waals surface area contributed by atoms with E-state index < -0.39 is 17.9 Å². The standard InChI is InChI=1S/C25H23ClN2O5S/c26-19-11-15(22(29)18-12-17(18)14-5-2-1-3-6-14)8-9-16(19)23(30)28-20(25(32)33)13-27-24(31)21-7-4-10-34-21/h1-3,5-9,11,17-18,20H,4,10,12-13H2,(H,27,31)(H,28,30)(H,32,33)/t17-,18+,20+/m1/s1. The van der Waals surface area contributed by atoms with E-state index in [1.165, 1.54) is 30.0 Å². The minimum Gasteiger partial charge on any atom is -0.480 e. The highest BCUT2D eigenvalue weighted by molar-refractivity contribution is 8.04. The molecule has 3 N–H and O–H groups in total. The zero-order valence-corrected chi connectivity index (χ0v) is 19.7. The molecule has 0 aromatic heterocycles. The van der Waals surface area contributed by atoms with Gasteiger partial charge in [-0.25, -0.2) is 4.79 Å². The Labute approximate surface area is 205 Å². The highest BCUT2D eigenvalue weighted by atomic mass is 35.5. The van der Waals surface area contributed by atoms with Gasteiger partial charge in [-0.05, 0) is 36.5 Å². The zero-order chi connectivity index (χ0) is 24.2. The van der Waals surface area contributed by atoms with Crippen molar-refractivity contribution in [3.63, 3.8) is 0 Å². The lowest BCUT2D eigenvalue weighted by Gasteiger charge is -2.16. The van der Waals surface area contributed by atoms with Crippen LogP contribution in [0.3, 0.4) is 0 Å². The van der Waals surface area contributed by atoms with Crippen LogP contribution in [0.1, 0.15) is 45.0 Å². The Balaban J connectivity index is 1.37. The predicted octanol–water partition coefficient (Wildman–Crippen LogP) is 3.65. The zero-order valence-electron chi connectivity index (χ0n) is 18.1. The number of carboxylic acids is 1. The molecule has 0 unspecified atom stereocenters. The van der Waals surface area contributed by atoms with E-state index in [2.05, 4.69) is 10.6 Å². The summed E-state index contributed by atoms with van der Waals surface area (Å²) in [6.45, 7) is -0.269. The summed E-state index contributed by atoms with van der Waals surface area (Å²) in [5.74, 6) is -1.51. The number of carbonyl (C=O) groups excluding carboxylic acids is 3. The molecule has 2 aliphatic rings. The molecule has 7 nitrogen and oxygen atoms in total.